The third kappa shape index (κ3) is 6.43. The van der Waals surface area contributed by atoms with Crippen LogP contribution in [0.1, 0.15) is 69.8 Å². The molecular formula is C35H37ClN8O2. The number of halogens is 1. The molecule has 11 heteroatoms. The number of nitrogens with one attached hydrogen (secondary N) is 1. The van der Waals surface area contributed by atoms with Gasteiger partial charge in [-0.3, -0.25) is 19.8 Å². The fourth-order valence-corrected chi connectivity index (χ4v) is 7.23. The highest BCUT2D eigenvalue weighted by atomic mass is 35.5. The highest BCUT2D eigenvalue weighted by molar-refractivity contribution is 6.33. The summed E-state index contributed by atoms with van der Waals surface area (Å²) in [5.74, 6) is 0.680. The molecule has 4 heterocycles. The standard InChI is InChI=1S/C35H37ClN8O2/c1-2-29-23-42(17-18-43(29)30-11-14-41(15-12-30)34(45)26-7-3-24(20-37)4-8-26)33-31(36)19-28(22-40-33)32-39-13-16-44(32)35(46)27-9-5-25(21-38)6-10-27/h3-10,19,22,29-30,32,39H,2,11-18,23H2,1H3/t29-,32?/m0/s1. The van der Waals surface area contributed by atoms with Gasteiger partial charge in [0.1, 0.15) is 12.0 Å². The van der Waals surface area contributed by atoms with Crippen LogP contribution in [0.15, 0.2) is 60.8 Å². The number of benzene rings is 2. The maximum atomic E-state index is 13.3. The number of piperazine rings is 1. The number of carbonyl (C=O) groups excluding carboxylic acids is 2. The second kappa shape index (κ2) is 13.9. The topological polar surface area (TPSA) is 120 Å². The van der Waals surface area contributed by atoms with Crippen molar-refractivity contribution in [3.63, 3.8) is 0 Å². The van der Waals surface area contributed by atoms with Crippen LogP contribution < -0.4 is 10.2 Å². The van der Waals surface area contributed by atoms with Gasteiger partial charge in [0, 0.05) is 80.8 Å². The van der Waals surface area contributed by atoms with Crippen LogP contribution in [0.4, 0.5) is 5.82 Å². The second-order valence-electron chi connectivity index (χ2n) is 12.1. The van der Waals surface area contributed by atoms with Gasteiger partial charge in [0.15, 0.2) is 0 Å². The van der Waals surface area contributed by atoms with Crippen LogP contribution in [0, 0.1) is 22.7 Å². The second-order valence-corrected chi connectivity index (χ2v) is 12.5. The lowest BCUT2D eigenvalue weighted by molar-refractivity contribution is 0.0490. The Morgan fingerprint density at radius 2 is 1.54 bits per heavy atom. The van der Waals surface area contributed by atoms with Crippen molar-refractivity contribution < 1.29 is 9.59 Å². The van der Waals surface area contributed by atoms with Crippen molar-refractivity contribution in [2.24, 2.45) is 0 Å². The summed E-state index contributed by atoms with van der Waals surface area (Å²) in [6.45, 7) is 7.39. The Balaban J connectivity index is 1.07. The molecule has 10 nitrogen and oxygen atoms in total. The third-order valence-corrected chi connectivity index (χ3v) is 9.74. The van der Waals surface area contributed by atoms with E-state index in [-0.39, 0.29) is 18.0 Å². The minimum Gasteiger partial charge on any atom is -0.353 e. The third-order valence-electron chi connectivity index (χ3n) is 9.46. The molecule has 2 atom stereocenters. The smallest absolute Gasteiger partial charge is 0.255 e. The van der Waals surface area contributed by atoms with Gasteiger partial charge < -0.3 is 14.7 Å². The molecule has 3 fully saturated rings. The largest absolute Gasteiger partial charge is 0.353 e. The number of likely N-dealkylation sites (tertiary alicyclic amines) is 1. The fraction of sp³-hybridized carbons (Fsp3) is 0.400. The van der Waals surface area contributed by atoms with Crippen molar-refractivity contribution in [2.45, 2.75) is 44.4 Å². The monoisotopic (exact) mass is 636 g/mol. The van der Waals surface area contributed by atoms with Crippen LogP contribution >= 0.6 is 11.6 Å². The molecule has 0 aliphatic carbocycles. The van der Waals surface area contributed by atoms with E-state index < -0.39 is 0 Å². The van der Waals surface area contributed by atoms with Crippen molar-refractivity contribution >= 4 is 29.2 Å². The summed E-state index contributed by atoms with van der Waals surface area (Å²) in [5.41, 5.74) is 3.07. The van der Waals surface area contributed by atoms with Gasteiger partial charge >= 0.3 is 0 Å². The van der Waals surface area contributed by atoms with E-state index in [1.165, 1.54) is 0 Å². The number of pyridine rings is 1. The number of hydrogen-bond donors (Lipinski definition) is 1. The van der Waals surface area contributed by atoms with Gasteiger partial charge in [0.25, 0.3) is 11.8 Å². The molecule has 3 aliphatic rings. The normalized spacial score (nSPS) is 20.7. The lowest BCUT2D eigenvalue weighted by atomic mass is 9.97. The number of amides is 2. The SMILES string of the molecule is CC[C@H]1CN(c2ncc(C3NCCN3C(=O)c3ccc(C#N)cc3)cc2Cl)CCN1C1CCN(C(=O)c2ccc(C#N)cc2)CC1. The number of piperidine rings is 1. The average molecular weight is 637 g/mol. The van der Waals surface area contributed by atoms with E-state index in [9.17, 15) is 9.59 Å². The van der Waals surface area contributed by atoms with E-state index in [0.717, 1.165) is 63.4 Å². The van der Waals surface area contributed by atoms with Crippen molar-refractivity contribution in [1.29, 1.82) is 10.5 Å². The number of hydrogen-bond acceptors (Lipinski definition) is 8. The number of anilines is 1. The maximum Gasteiger partial charge on any atom is 0.255 e. The first-order valence-corrected chi connectivity index (χ1v) is 16.3. The molecule has 0 saturated carbocycles. The predicted octanol–water partition coefficient (Wildman–Crippen LogP) is 4.43. The highest BCUT2D eigenvalue weighted by Crippen LogP contribution is 2.32. The number of rotatable bonds is 6. The summed E-state index contributed by atoms with van der Waals surface area (Å²) < 4.78 is 0. The summed E-state index contributed by atoms with van der Waals surface area (Å²) >= 11 is 6.88. The molecule has 0 bridgehead atoms. The summed E-state index contributed by atoms with van der Waals surface area (Å²) in [6.07, 6.45) is 4.33. The van der Waals surface area contributed by atoms with E-state index in [4.69, 9.17) is 27.1 Å². The predicted molar refractivity (Wildman–Crippen MR) is 175 cm³/mol. The molecule has 3 aliphatic heterocycles. The van der Waals surface area contributed by atoms with Crippen molar-refractivity contribution in [2.75, 3.05) is 50.7 Å². The quantitative estimate of drug-likeness (QED) is 0.422. The number of nitriles is 2. The molecule has 0 spiro atoms. The first-order chi connectivity index (χ1) is 22.4. The van der Waals surface area contributed by atoms with Crippen LogP contribution in [0.5, 0.6) is 0 Å². The zero-order valence-corrected chi connectivity index (χ0v) is 26.7. The van der Waals surface area contributed by atoms with Crippen LogP contribution in [0.3, 0.4) is 0 Å². The van der Waals surface area contributed by atoms with Crippen molar-refractivity contribution in [3.8, 4) is 12.1 Å². The fourth-order valence-electron chi connectivity index (χ4n) is 6.94. The zero-order chi connectivity index (χ0) is 32.2. The van der Waals surface area contributed by atoms with Crippen LogP contribution in [-0.2, 0) is 0 Å². The van der Waals surface area contributed by atoms with E-state index in [0.29, 0.717) is 52.4 Å². The number of carbonyl (C=O) groups is 2. The lowest BCUT2D eigenvalue weighted by Crippen LogP contribution is -2.58. The number of aromatic nitrogens is 1. The summed E-state index contributed by atoms with van der Waals surface area (Å²) in [6, 6.07) is 20.4. The molecule has 2 amide bonds. The minimum absolute atomic E-state index is 0.0264. The van der Waals surface area contributed by atoms with Gasteiger partial charge in [-0.2, -0.15) is 10.5 Å². The Morgan fingerprint density at radius 1 is 0.913 bits per heavy atom. The number of nitrogens with zero attached hydrogens (tertiary/aromatic N) is 7. The highest BCUT2D eigenvalue weighted by Gasteiger charge is 2.36. The first-order valence-electron chi connectivity index (χ1n) is 15.9. The molecular weight excluding hydrogens is 600 g/mol. The van der Waals surface area contributed by atoms with Gasteiger partial charge in [-0.25, -0.2) is 4.98 Å². The minimum atomic E-state index is -0.336. The van der Waals surface area contributed by atoms with E-state index in [1.807, 2.05) is 17.2 Å². The summed E-state index contributed by atoms with van der Waals surface area (Å²) in [7, 11) is 0. The lowest BCUT2D eigenvalue weighted by Gasteiger charge is -2.47. The zero-order valence-electron chi connectivity index (χ0n) is 25.9. The molecule has 3 aromatic rings. The molecule has 1 aromatic heterocycles. The molecule has 3 saturated heterocycles. The Bertz CT molecular complexity index is 1660. The van der Waals surface area contributed by atoms with E-state index >= 15 is 0 Å². The molecule has 236 valence electrons. The van der Waals surface area contributed by atoms with Crippen molar-refractivity contribution in [1.82, 2.24) is 25.0 Å². The average Bonchev–Trinajstić information content (AvgIpc) is 3.61. The van der Waals surface area contributed by atoms with E-state index in [1.54, 1.807) is 53.4 Å². The molecule has 6 rings (SSSR count). The van der Waals surface area contributed by atoms with Crippen LogP contribution in [0.2, 0.25) is 5.02 Å². The Kier molecular flexibility index (Phi) is 9.51. The van der Waals surface area contributed by atoms with E-state index in [2.05, 4.69) is 34.2 Å². The van der Waals surface area contributed by atoms with Gasteiger partial charge in [0.05, 0.1) is 28.3 Å². The first kappa shape index (κ1) is 31.5. The maximum absolute atomic E-state index is 13.3. The van der Waals surface area contributed by atoms with Crippen LogP contribution in [0.25, 0.3) is 0 Å². The Hall–Kier alpha value is -4.48. The van der Waals surface area contributed by atoms with Gasteiger partial charge in [0.2, 0.25) is 0 Å². The van der Waals surface area contributed by atoms with Gasteiger partial charge in [-0.1, -0.05) is 18.5 Å². The molecule has 46 heavy (non-hydrogen) atoms. The summed E-state index contributed by atoms with van der Waals surface area (Å²) in [4.78, 5) is 39.8. The molecule has 1 N–H and O–H groups in total. The molecule has 1 unspecified atom stereocenters. The molecule has 2 aromatic carbocycles. The van der Waals surface area contributed by atoms with Crippen molar-refractivity contribution in [3.05, 3.63) is 93.6 Å². The van der Waals surface area contributed by atoms with Crippen LogP contribution in [-0.4, -0.2) is 89.4 Å². The Labute approximate surface area is 274 Å². The Morgan fingerprint density at radius 3 is 2.13 bits per heavy atom. The summed E-state index contributed by atoms with van der Waals surface area (Å²) in [5, 5.41) is 22.1. The molecule has 0 radical (unpaired) electrons. The van der Waals surface area contributed by atoms with Gasteiger partial charge in [-0.15, -0.1) is 0 Å². The van der Waals surface area contributed by atoms with Gasteiger partial charge in [-0.05, 0) is 73.9 Å².